The maximum Gasteiger partial charge on any atom is 0.257 e. The van der Waals surface area contributed by atoms with Crippen molar-refractivity contribution in [1.82, 2.24) is 10.2 Å². The van der Waals surface area contributed by atoms with Crippen molar-refractivity contribution in [2.24, 2.45) is 0 Å². The van der Waals surface area contributed by atoms with Crippen LogP contribution < -0.4 is 10.6 Å². The predicted molar refractivity (Wildman–Crippen MR) is 91.9 cm³/mol. The number of fused-ring (bicyclic) bond motifs is 1. The molecule has 3 rings (SSSR count). The molecule has 120 valence electrons. The zero-order chi connectivity index (χ0) is 16.4. The van der Waals surface area contributed by atoms with E-state index in [1.807, 2.05) is 29.6 Å². The van der Waals surface area contributed by atoms with E-state index in [1.165, 1.54) is 18.3 Å². The van der Waals surface area contributed by atoms with Crippen LogP contribution in [-0.4, -0.2) is 29.8 Å². The summed E-state index contributed by atoms with van der Waals surface area (Å²) in [4.78, 5) is 26.5. The number of amides is 2. The summed E-state index contributed by atoms with van der Waals surface area (Å²) in [5.74, 6) is -0.187. The number of benzene rings is 1. The second kappa shape index (κ2) is 6.60. The molecule has 1 unspecified atom stereocenters. The van der Waals surface area contributed by atoms with Crippen LogP contribution in [0.15, 0.2) is 35.7 Å². The predicted octanol–water partition coefficient (Wildman–Crippen LogP) is 3.10. The average molecular weight is 350 g/mol. The Hall–Kier alpha value is -2.05. The van der Waals surface area contributed by atoms with E-state index in [1.54, 1.807) is 11.0 Å². The Morgan fingerprint density at radius 3 is 2.87 bits per heavy atom. The molecule has 1 aliphatic rings. The second-order valence-electron chi connectivity index (χ2n) is 5.21. The third kappa shape index (κ3) is 3.18. The van der Waals surface area contributed by atoms with Gasteiger partial charge in [0, 0.05) is 25.7 Å². The number of carbonyl (C=O) groups excluding carboxylic acids is 2. The highest BCUT2D eigenvalue weighted by atomic mass is 35.5. The summed E-state index contributed by atoms with van der Waals surface area (Å²) in [6.45, 7) is 2.25. The fraction of sp³-hybridized carbons (Fsp3) is 0.250. The van der Waals surface area contributed by atoms with Crippen molar-refractivity contribution in [3.05, 3.63) is 51.2 Å². The number of hydrogen-bond donors (Lipinski definition) is 2. The third-order valence-electron chi connectivity index (χ3n) is 3.64. The van der Waals surface area contributed by atoms with Gasteiger partial charge in [-0.2, -0.15) is 0 Å². The quantitative estimate of drug-likeness (QED) is 0.891. The molecule has 2 N–H and O–H groups in total. The lowest BCUT2D eigenvalue weighted by molar-refractivity contribution is -0.119. The van der Waals surface area contributed by atoms with E-state index in [9.17, 15) is 9.59 Å². The number of para-hydroxylation sites is 1. The number of hydrogen-bond acceptors (Lipinski definition) is 4. The van der Waals surface area contributed by atoms with E-state index in [-0.39, 0.29) is 18.0 Å². The zero-order valence-electron chi connectivity index (χ0n) is 12.5. The number of anilines is 1. The van der Waals surface area contributed by atoms with Gasteiger partial charge in [-0.3, -0.25) is 9.59 Å². The second-order valence-corrected chi connectivity index (χ2v) is 6.56. The highest BCUT2D eigenvalue weighted by molar-refractivity contribution is 7.10. The lowest BCUT2D eigenvalue weighted by Gasteiger charge is -2.37. The minimum Gasteiger partial charge on any atom is -0.360 e. The van der Waals surface area contributed by atoms with Crippen LogP contribution in [0.3, 0.4) is 0 Å². The number of thiophene rings is 1. The van der Waals surface area contributed by atoms with Crippen LogP contribution in [-0.2, 0) is 4.79 Å². The van der Waals surface area contributed by atoms with Gasteiger partial charge in [-0.05, 0) is 23.6 Å². The van der Waals surface area contributed by atoms with Gasteiger partial charge in [-0.25, -0.2) is 0 Å². The topological polar surface area (TPSA) is 61.4 Å². The first-order chi connectivity index (χ1) is 11.1. The Morgan fingerprint density at radius 2 is 2.17 bits per heavy atom. The van der Waals surface area contributed by atoms with Gasteiger partial charge in [-0.15, -0.1) is 11.3 Å². The Labute approximate surface area is 143 Å². The van der Waals surface area contributed by atoms with Gasteiger partial charge in [0.05, 0.1) is 15.5 Å². The highest BCUT2D eigenvalue weighted by Crippen LogP contribution is 2.38. The number of nitrogens with zero attached hydrogens (tertiary/aromatic N) is 1. The van der Waals surface area contributed by atoms with Gasteiger partial charge in [-0.1, -0.05) is 23.7 Å². The molecule has 1 atom stereocenters. The van der Waals surface area contributed by atoms with Crippen LogP contribution in [0, 0.1) is 0 Å². The van der Waals surface area contributed by atoms with Gasteiger partial charge in [0.15, 0.2) is 0 Å². The van der Waals surface area contributed by atoms with Crippen molar-refractivity contribution in [2.75, 3.05) is 18.4 Å². The van der Waals surface area contributed by atoms with Gasteiger partial charge >= 0.3 is 0 Å². The van der Waals surface area contributed by atoms with E-state index in [2.05, 4.69) is 10.6 Å². The first-order valence-corrected chi connectivity index (χ1v) is 8.47. The van der Waals surface area contributed by atoms with E-state index in [0.717, 1.165) is 10.6 Å². The molecule has 0 saturated carbocycles. The molecule has 1 aliphatic heterocycles. The molecule has 0 radical (unpaired) electrons. The van der Waals surface area contributed by atoms with Crippen molar-refractivity contribution < 1.29 is 9.59 Å². The summed E-state index contributed by atoms with van der Waals surface area (Å²) >= 11 is 7.76. The Balaban J connectivity index is 1.93. The van der Waals surface area contributed by atoms with Crippen LogP contribution in [0.1, 0.15) is 28.3 Å². The molecule has 5 nitrogen and oxygen atoms in total. The molecule has 2 aromatic rings. The van der Waals surface area contributed by atoms with Crippen molar-refractivity contribution in [1.29, 1.82) is 0 Å². The molecule has 0 spiro atoms. The lowest BCUT2D eigenvalue weighted by atomic mass is 10.1. The number of rotatable bonds is 4. The maximum absolute atomic E-state index is 12.8. The van der Waals surface area contributed by atoms with Crippen molar-refractivity contribution >= 4 is 40.4 Å². The minimum absolute atomic E-state index is 0.0702. The largest absolute Gasteiger partial charge is 0.360 e. The van der Waals surface area contributed by atoms with Crippen LogP contribution in [0.4, 0.5) is 5.69 Å². The Bertz CT molecular complexity index is 746. The van der Waals surface area contributed by atoms with Crippen molar-refractivity contribution in [3.63, 3.8) is 0 Å². The summed E-state index contributed by atoms with van der Waals surface area (Å²) in [5.41, 5.74) is 1.42. The van der Waals surface area contributed by atoms with Gasteiger partial charge in [0.2, 0.25) is 5.91 Å². The lowest BCUT2D eigenvalue weighted by Crippen LogP contribution is -2.46. The normalized spacial score (nSPS) is 16.7. The molecule has 7 heteroatoms. The molecule has 1 aromatic carbocycles. The van der Waals surface area contributed by atoms with E-state index in [0.29, 0.717) is 23.7 Å². The summed E-state index contributed by atoms with van der Waals surface area (Å²) in [7, 11) is 0. The fourth-order valence-corrected chi connectivity index (χ4v) is 3.80. The van der Waals surface area contributed by atoms with Crippen LogP contribution in [0.5, 0.6) is 0 Å². The Kier molecular flexibility index (Phi) is 4.54. The average Bonchev–Trinajstić information content (AvgIpc) is 2.95. The van der Waals surface area contributed by atoms with Crippen LogP contribution in [0.25, 0.3) is 0 Å². The fourth-order valence-electron chi connectivity index (χ4n) is 2.58. The number of carbonyl (C=O) groups is 2. The van der Waals surface area contributed by atoms with Crippen LogP contribution in [0.2, 0.25) is 5.02 Å². The molecular formula is C16H16ClN3O2S. The monoisotopic (exact) mass is 349 g/mol. The molecule has 2 heterocycles. The SMILES string of the molecule is CC(=O)NCCN1C(=O)c2ccccc2NC1c1sccc1Cl. The molecular weight excluding hydrogens is 334 g/mol. The number of nitrogens with one attached hydrogen (secondary N) is 2. The summed E-state index contributed by atoms with van der Waals surface area (Å²) in [6.07, 6.45) is -0.335. The molecule has 23 heavy (non-hydrogen) atoms. The molecule has 0 bridgehead atoms. The first kappa shape index (κ1) is 15.8. The van der Waals surface area contributed by atoms with Crippen LogP contribution >= 0.6 is 22.9 Å². The standard InChI is InChI=1S/C16H16ClN3O2S/c1-10(21)18-7-8-20-15(14-12(17)6-9-23-14)19-13-5-3-2-4-11(13)16(20)22/h2-6,9,15,19H,7-8H2,1H3,(H,18,21). The van der Waals surface area contributed by atoms with E-state index in [4.69, 9.17) is 11.6 Å². The van der Waals surface area contributed by atoms with E-state index < -0.39 is 0 Å². The molecule has 2 amide bonds. The smallest absolute Gasteiger partial charge is 0.257 e. The highest BCUT2D eigenvalue weighted by Gasteiger charge is 2.34. The van der Waals surface area contributed by atoms with Gasteiger partial charge in [0.1, 0.15) is 6.17 Å². The van der Waals surface area contributed by atoms with Crippen molar-refractivity contribution in [3.8, 4) is 0 Å². The first-order valence-electron chi connectivity index (χ1n) is 7.22. The summed E-state index contributed by atoms with van der Waals surface area (Å²) in [5, 5.41) is 8.63. The minimum atomic E-state index is -0.335. The summed E-state index contributed by atoms with van der Waals surface area (Å²) in [6, 6.07) is 9.22. The van der Waals surface area contributed by atoms with Crippen molar-refractivity contribution in [2.45, 2.75) is 13.1 Å². The molecule has 0 fully saturated rings. The third-order valence-corrected chi connectivity index (χ3v) is 5.05. The molecule has 0 saturated heterocycles. The van der Waals surface area contributed by atoms with Gasteiger partial charge in [0.25, 0.3) is 5.91 Å². The maximum atomic E-state index is 12.8. The molecule has 1 aromatic heterocycles. The number of halogens is 1. The van der Waals surface area contributed by atoms with Gasteiger partial charge < -0.3 is 15.5 Å². The van der Waals surface area contributed by atoms with E-state index >= 15 is 0 Å². The summed E-state index contributed by atoms with van der Waals surface area (Å²) < 4.78 is 0. The Morgan fingerprint density at radius 1 is 1.39 bits per heavy atom. The molecule has 0 aliphatic carbocycles. The zero-order valence-corrected chi connectivity index (χ0v) is 14.1.